The summed E-state index contributed by atoms with van der Waals surface area (Å²) in [6, 6.07) is 3.23. The predicted molar refractivity (Wildman–Crippen MR) is 71.0 cm³/mol. The second-order valence-corrected chi connectivity index (χ2v) is 4.19. The molecule has 0 spiro atoms. The normalized spacial score (nSPS) is 10.1. The van der Waals surface area contributed by atoms with Crippen LogP contribution in [0.3, 0.4) is 0 Å². The minimum absolute atomic E-state index is 0.0323. The van der Waals surface area contributed by atoms with Gasteiger partial charge in [0.05, 0.1) is 18.2 Å². The third-order valence-corrected chi connectivity index (χ3v) is 2.14. The van der Waals surface area contributed by atoms with Gasteiger partial charge in [0, 0.05) is 18.8 Å². The van der Waals surface area contributed by atoms with E-state index in [1.54, 1.807) is 12.1 Å². The fourth-order valence-corrected chi connectivity index (χ4v) is 1.35. The number of amides is 2. The molecule has 0 saturated heterocycles. The predicted octanol–water partition coefficient (Wildman–Crippen LogP) is 0.735. The van der Waals surface area contributed by atoms with Crippen molar-refractivity contribution < 1.29 is 14.3 Å². The number of nitrogens with one attached hydrogen (secondary N) is 2. The smallest absolute Gasteiger partial charge is 0.253 e. The molecular formula is C13H19N3O3. The fourth-order valence-electron chi connectivity index (χ4n) is 1.35. The SMILES string of the molecule is CCNC(=O)CNC(=O)c1ccc(OC(C)C)nc1. The van der Waals surface area contributed by atoms with Crippen LogP contribution in [-0.2, 0) is 4.79 Å². The van der Waals surface area contributed by atoms with Gasteiger partial charge in [-0.15, -0.1) is 0 Å². The van der Waals surface area contributed by atoms with Crippen molar-refractivity contribution >= 4 is 11.8 Å². The highest BCUT2D eigenvalue weighted by molar-refractivity contribution is 5.96. The number of hydrogen-bond donors (Lipinski definition) is 2. The van der Waals surface area contributed by atoms with Gasteiger partial charge in [0.15, 0.2) is 0 Å². The quantitative estimate of drug-likeness (QED) is 0.794. The van der Waals surface area contributed by atoms with Crippen LogP contribution in [0.1, 0.15) is 31.1 Å². The molecule has 19 heavy (non-hydrogen) atoms. The van der Waals surface area contributed by atoms with Crippen LogP contribution in [0.15, 0.2) is 18.3 Å². The van der Waals surface area contributed by atoms with Gasteiger partial charge in [-0.1, -0.05) is 0 Å². The first-order chi connectivity index (χ1) is 9.02. The minimum Gasteiger partial charge on any atom is -0.475 e. The molecule has 0 aliphatic rings. The van der Waals surface area contributed by atoms with Gasteiger partial charge in [-0.3, -0.25) is 9.59 Å². The van der Waals surface area contributed by atoms with Crippen molar-refractivity contribution in [3.8, 4) is 5.88 Å². The first-order valence-electron chi connectivity index (χ1n) is 6.20. The molecule has 6 nitrogen and oxygen atoms in total. The highest BCUT2D eigenvalue weighted by Crippen LogP contribution is 2.09. The van der Waals surface area contributed by atoms with Gasteiger partial charge in [0.25, 0.3) is 5.91 Å². The molecule has 0 atom stereocenters. The van der Waals surface area contributed by atoms with Gasteiger partial charge in [0.2, 0.25) is 11.8 Å². The summed E-state index contributed by atoms with van der Waals surface area (Å²) in [6.07, 6.45) is 1.45. The molecule has 0 aliphatic heterocycles. The lowest BCUT2D eigenvalue weighted by atomic mass is 10.2. The molecule has 0 saturated carbocycles. The molecule has 6 heteroatoms. The summed E-state index contributed by atoms with van der Waals surface area (Å²) >= 11 is 0. The zero-order chi connectivity index (χ0) is 14.3. The maximum Gasteiger partial charge on any atom is 0.253 e. The van der Waals surface area contributed by atoms with Crippen LogP contribution in [0.2, 0.25) is 0 Å². The Morgan fingerprint density at radius 1 is 1.32 bits per heavy atom. The van der Waals surface area contributed by atoms with E-state index < -0.39 is 0 Å². The topological polar surface area (TPSA) is 80.3 Å². The van der Waals surface area contributed by atoms with E-state index in [0.29, 0.717) is 18.0 Å². The Bertz CT molecular complexity index is 429. The number of aromatic nitrogens is 1. The van der Waals surface area contributed by atoms with Crippen molar-refractivity contribution in [3.63, 3.8) is 0 Å². The van der Waals surface area contributed by atoms with E-state index in [4.69, 9.17) is 4.74 Å². The molecule has 1 aromatic rings. The molecule has 1 aromatic heterocycles. The zero-order valence-corrected chi connectivity index (χ0v) is 11.4. The van der Waals surface area contributed by atoms with Crippen LogP contribution in [0.25, 0.3) is 0 Å². The molecule has 2 N–H and O–H groups in total. The summed E-state index contributed by atoms with van der Waals surface area (Å²) in [7, 11) is 0. The van der Waals surface area contributed by atoms with Crippen LogP contribution >= 0.6 is 0 Å². The Kier molecular flexibility index (Phi) is 5.78. The second-order valence-electron chi connectivity index (χ2n) is 4.19. The van der Waals surface area contributed by atoms with Gasteiger partial charge in [-0.25, -0.2) is 4.98 Å². The number of nitrogens with zero attached hydrogens (tertiary/aromatic N) is 1. The summed E-state index contributed by atoms with van der Waals surface area (Å²) < 4.78 is 5.37. The number of likely N-dealkylation sites (N-methyl/N-ethyl adjacent to an activating group) is 1. The molecule has 0 fully saturated rings. The van der Waals surface area contributed by atoms with Crippen LogP contribution in [0.5, 0.6) is 5.88 Å². The summed E-state index contributed by atoms with van der Waals surface area (Å²) in [5, 5.41) is 5.11. The lowest BCUT2D eigenvalue weighted by molar-refractivity contribution is -0.120. The highest BCUT2D eigenvalue weighted by atomic mass is 16.5. The van der Waals surface area contributed by atoms with Crippen LogP contribution in [-0.4, -0.2) is 36.0 Å². The third kappa shape index (κ3) is 5.37. The van der Waals surface area contributed by atoms with Gasteiger partial charge >= 0.3 is 0 Å². The maximum atomic E-state index is 11.7. The van der Waals surface area contributed by atoms with E-state index in [0.717, 1.165) is 0 Å². The molecule has 1 rings (SSSR count). The molecular weight excluding hydrogens is 246 g/mol. The first kappa shape index (κ1) is 14.9. The molecule has 104 valence electrons. The van der Waals surface area contributed by atoms with Crippen molar-refractivity contribution in [1.82, 2.24) is 15.6 Å². The second kappa shape index (κ2) is 7.35. The largest absolute Gasteiger partial charge is 0.475 e. The van der Waals surface area contributed by atoms with E-state index in [1.807, 2.05) is 20.8 Å². The van der Waals surface area contributed by atoms with Crippen molar-refractivity contribution in [3.05, 3.63) is 23.9 Å². The zero-order valence-electron chi connectivity index (χ0n) is 11.4. The van der Waals surface area contributed by atoms with Gasteiger partial charge in [-0.05, 0) is 26.8 Å². The Morgan fingerprint density at radius 2 is 2.05 bits per heavy atom. The standard InChI is InChI=1S/C13H19N3O3/c1-4-14-11(17)8-16-13(18)10-5-6-12(15-7-10)19-9(2)3/h5-7,9H,4,8H2,1-3H3,(H,14,17)(H,16,18). The van der Waals surface area contributed by atoms with E-state index in [9.17, 15) is 9.59 Å². The molecule has 0 bridgehead atoms. The summed E-state index contributed by atoms with van der Waals surface area (Å²) in [6.45, 7) is 6.11. The Hall–Kier alpha value is -2.11. The summed E-state index contributed by atoms with van der Waals surface area (Å²) in [5.41, 5.74) is 0.389. The van der Waals surface area contributed by atoms with Crippen molar-refractivity contribution in [2.75, 3.05) is 13.1 Å². The van der Waals surface area contributed by atoms with Crippen LogP contribution in [0, 0.1) is 0 Å². The van der Waals surface area contributed by atoms with E-state index in [1.165, 1.54) is 6.20 Å². The van der Waals surface area contributed by atoms with Crippen LogP contribution in [0.4, 0.5) is 0 Å². The highest BCUT2D eigenvalue weighted by Gasteiger charge is 2.08. The van der Waals surface area contributed by atoms with E-state index in [-0.39, 0.29) is 24.5 Å². The molecule has 0 aromatic carbocycles. The van der Waals surface area contributed by atoms with Crippen molar-refractivity contribution in [1.29, 1.82) is 0 Å². The van der Waals surface area contributed by atoms with Crippen LogP contribution < -0.4 is 15.4 Å². The number of pyridine rings is 1. The Morgan fingerprint density at radius 3 is 2.58 bits per heavy atom. The Labute approximate surface area is 112 Å². The number of carbonyl (C=O) groups excluding carboxylic acids is 2. The van der Waals surface area contributed by atoms with E-state index >= 15 is 0 Å². The number of ether oxygens (including phenoxy) is 1. The monoisotopic (exact) mass is 265 g/mol. The number of carbonyl (C=O) groups is 2. The molecule has 1 heterocycles. The van der Waals surface area contributed by atoms with Gasteiger partial charge < -0.3 is 15.4 Å². The Balaban J connectivity index is 2.51. The lowest BCUT2D eigenvalue weighted by Crippen LogP contribution is -2.36. The van der Waals surface area contributed by atoms with Crippen molar-refractivity contribution in [2.45, 2.75) is 26.9 Å². The molecule has 0 unspecified atom stereocenters. The molecule has 2 amide bonds. The molecule has 0 radical (unpaired) electrons. The first-order valence-corrected chi connectivity index (χ1v) is 6.20. The minimum atomic E-state index is -0.338. The lowest BCUT2D eigenvalue weighted by Gasteiger charge is -2.09. The maximum absolute atomic E-state index is 11.7. The number of rotatable bonds is 6. The average molecular weight is 265 g/mol. The average Bonchev–Trinajstić information content (AvgIpc) is 2.36. The van der Waals surface area contributed by atoms with Crippen molar-refractivity contribution in [2.24, 2.45) is 0 Å². The number of hydrogen-bond acceptors (Lipinski definition) is 4. The summed E-state index contributed by atoms with van der Waals surface area (Å²) in [4.78, 5) is 26.9. The van der Waals surface area contributed by atoms with Gasteiger partial charge in [-0.2, -0.15) is 0 Å². The third-order valence-electron chi connectivity index (χ3n) is 2.14. The van der Waals surface area contributed by atoms with E-state index in [2.05, 4.69) is 15.6 Å². The molecule has 0 aliphatic carbocycles. The summed E-state index contributed by atoms with van der Waals surface area (Å²) in [5.74, 6) is -0.0892. The van der Waals surface area contributed by atoms with Gasteiger partial charge in [0.1, 0.15) is 0 Å². The fraction of sp³-hybridized carbons (Fsp3) is 0.462.